The van der Waals surface area contributed by atoms with Gasteiger partial charge in [-0.1, -0.05) is 6.42 Å². The molecule has 0 aliphatic carbocycles. The van der Waals surface area contributed by atoms with Gasteiger partial charge >= 0.3 is 0 Å². The molecule has 2 saturated heterocycles. The van der Waals surface area contributed by atoms with E-state index >= 15 is 0 Å². The summed E-state index contributed by atoms with van der Waals surface area (Å²) in [5.41, 5.74) is 0.330. The predicted molar refractivity (Wildman–Crippen MR) is 98.1 cm³/mol. The Morgan fingerprint density at radius 1 is 1.24 bits per heavy atom. The highest BCUT2D eigenvalue weighted by molar-refractivity contribution is 9.10. The van der Waals surface area contributed by atoms with Crippen LogP contribution in [0.2, 0.25) is 0 Å². The fraction of sp³-hybridized carbons (Fsp3) is 0.588. The summed E-state index contributed by atoms with van der Waals surface area (Å²) >= 11 is 3.35. The highest BCUT2D eigenvalue weighted by Gasteiger charge is 2.27. The summed E-state index contributed by atoms with van der Waals surface area (Å²) in [6.07, 6.45) is 4.81. The van der Waals surface area contributed by atoms with Gasteiger partial charge in [0.05, 0.1) is 16.6 Å². The molecular weight excluding hydrogens is 408 g/mol. The zero-order valence-electron chi connectivity index (χ0n) is 14.0. The van der Waals surface area contributed by atoms with E-state index < -0.39 is 10.0 Å². The van der Waals surface area contributed by atoms with Crippen LogP contribution in [0.4, 0.5) is 0 Å². The van der Waals surface area contributed by atoms with Gasteiger partial charge in [-0.05, 0) is 59.8 Å². The summed E-state index contributed by atoms with van der Waals surface area (Å²) < 4.78 is 33.2. The molecule has 1 atom stereocenters. The Morgan fingerprint density at radius 2 is 2.00 bits per heavy atom. The van der Waals surface area contributed by atoms with Crippen molar-refractivity contribution in [2.45, 2.75) is 43.1 Å². The maximum Gasteiger partial charge on any atom is 0.252 e. The molecule has 0 spiro atoms. The molecule has 0 unspecified atom stereocenters. The number of carbonyl (C=O) groups is 1. The number of rotatable bonds is 5. The van der Waals surface area contributed by atoms with Gasteiger partial charge in [-0.2, -0.15) is 4.31 Å². The summed E-state index contributed by atoms with van der Waals surface area (Å²) in [7, 11) is -3.56. The fourth-order valence-corrected chi connectivity index (χ4v) is 5.17. The molecule has 2 fully saturated rings. The van der Waals surface area contributed by atoms with E-state index in [9.17, 15) is 13.2 Å². The smallest absolute Gasteiger partial charge is 0.252 e. The molecule has 25 heavy (non-hydrogen) atoms. The summed E-state index contributed by atoms with van der Waals surface area (Å²) in [6.45, 7) is 2.25. The first-order valence-electron chi connectivity index (χ1n) is 8.68. The van der Waals surface area contributed by atoms with Gasteiger partial charge in [0, 0.05) is 30.7 Å². The van der Waals surface area contributed by atoms with Crippen molar-refractivity contribution in [1.29, 1.82) is 0 Å². The Hall–Kier alpha value is -0.960. The van der Waals surface area contributed by atoms with Crippen LogP contribution in [-0.2, 0) is 14.8 Å². The lowest BCUT2D eigenvalue weighted by Gasteiger charge is -2.26. The molecule has 138 valence electrons. The monoisotopic (exact) mass is 430 g/mol. The van der Waals surface area contributed by atoms with Crippen LogP contribution in [0.25, 0.3) is 0 Å². The number of carbonyl (C=O) groups excluding carboxylic acids is 1. The van der Waals surface area contributed by atoms with Gasteiger partial charge in [0.15, 0.2) is 0 Å². The minimum absolute atomic E-state index is 0.0444. The average Bonchev–Trinajstić information content (AvgIpc) is 3.14. The van der Waals surface area contributed by atoms with Crippen LogP contribution in [0.1, 0.15) is 42.5 Å². The van der Waals surface area contributed by atoms with Gasteiger partial charge in [-0.3, -0.25) is 4.79 Å². The first-order chi connectivity index (χ1) is 12.0. The minimum Gasteiger partial charge on any atom is -0.376 e. The van der Waals surface area contributed by atoms with Crippen LogP contribution in [0.3, 0.4) is 0 Å². The van der Waals surface area contributed by atoms with Crippen LogP contribution in [0.5, 0.6) is 0 Å². The molecule has 0 aromatic heterocycles. The van der Waals surface area contributed by atoms with Crippen LogP contribution < -0.4 is 5.32 Å². The number of nitrogens with zero attached hydrogens (tertiary/aromatic N) is 1. The SMILES string of the molecule is O=C(NC[C@@H]1CCCO1)c1cc(S(=O)(=O)N2CCCCC2)ccc1Br. The Morgan fingerprint density at radius 3 is 2.68 bits per heavy atom. The molecule has 3 rings (SSSR count). The van der Waals surface area contributed by atoms with Gasteiger partial charge in [-0.25, -0.2) is 8.42 Å². The van der Waals surface area contributed by atoms with Crippen molar-refractivity contribution in [2.24, 2.45) is 0 Å². The van der Waals surface area contributed by atoms with Crippen molar-refractivity contribution >= 4 is 31.9 Å². The zero-order valence-corrected chi connectivity index (χ0v) is 16.4. The normalized spacial score (nSPS) is 22.0. The molecule has 6 nitrogen and oxygen atoms in total. The zero-order chi connectivity index (χ0) is 17.9. The van der Waals surface area contributed by atoms with Gasteiger partial charge in [0.2, 0.25) is 10.0 Å². The third kappa shape index (κ3) is 4.42. The molecule has 0 radical (unpaired) electrons. The van der Waals surface area contributed by atoms with E-state index in [4.69, 9.17) is 4.74 Å². The third-order valence-corrected chi connectivity index (χ3v) is 7.24. The van der Waals surface area contributed by atoms with Crippen LogP contribution >= 0.6 is 15.9 Å². The number of halogens is 1. The first kappa shape index (κ1) is 18.8. The number of nitrogens with one attached hydrogen (secondary N) is 1. The largest absolute Gasteiger partial charge is 0.376 e. The highest BCUT2D eigenvalue weighted by Crippen LogP contribution is 2.25. The number of piperidine rings is 1. The molecule has 1 amide bonds. The summed E-state index contributed by atoms with van der Waals surface area (Å²) in [5.74, 6) is -0.293. The molecule has 1 aromatic rings. The lowest BCUT2D eigenvalue weighted by atomic mass is 10.2. The van der Waals surface area contributed by atoms with E-state index in [2.05, 4.69) is 21.2 Å². The van der Waals surface area contributed by atoms with Crippen molar-refractivity contribution in [3.63, 3.8) is 0 Å². The van der Waals surface area contributed by atoms with E-state index in [0.717, 1.165) is 38.7 Å². The average molecular weight is 431 g/mol. The van der Waals surface area contributed by atoms with Gasteiger partial charge in [0.25, 0.3) is 5.91 Å². The van der Waals surface area contributed by atoms with Gasteiger partial charge in [0.1, 0.15) is 0 Å². The quantitative estimate of drug-likeness (QED) is 0.778. The van der Waals surface area contributed by atoms with E-state index in [1.54, 1.807) is 12.1 Å². The second kappa shape index (κ2) is 8.16. The summed E-state index contributed by atoms with van der Waals surface area (Å²) in [6, 6.07) is 4.63. The Kier molecular flexibility index (Phi) is 6.14. The fourth-order valence-electron chi connectivity index (χ4n) is 3.20. The van der Waals surface area contributed by atoms with Crippen LogP contribution in [0.15, 0.2) is 27.6 Å². The summed E-state index contributed by atoms with van der Waals surface area (Å²) in [5, 5.41) is 2.84. The Bertz CT molecular complexity index is 726. The maximum atomic E-state index is 12.8. The summed E-state index contributed by atoms with van der Waals surface area (Å²) in [4.78, 5) is 12.6. The Balaban J connectivity index is 1.76. The molecule has 2 aliphatic rings. The van der Waals surface area contributed by atoms with Crippen molar-refractivity contribution in [3.05, 3.63) is 28.2 Å². The topological polar surface area (TPSA) is 75.7 Å². The van der Waals surface area contributed by atoms with Crippen LogP contribution in [0, 0.1) is 0 Å². The molecule has 2 heterocycles. The second-order valence-electron chi connectivity index (χ2n) is 6.45. The molecule has 0 saturated carbocycles. The number of sulfonamides is 1. The number of benzene rings is 1. The maximum absolute atomic E-state index is 12.8. The molecule has 1 aromatic carbocycles. The van der Waals surface area contributed by atoms with Crippen molar-refractivity contribution in [3.8, 4) is 0 Å². The van der Waals surface area contributed by atoms with Crippen molar-refractivity contribution in [1.82, 2.24) is 9.62 Å². The molecule has 8 heteroatoms. The van der Waals surface area contributed by atoms with E-state index in [1.807, 2.05) is 0 Å². The number of hydrogen-bond donors (Lipinski definition) is 1. The Labute approximate surface area is 157 Å². The molecule has 0 bridgehead atoms. The van der Waals surface area contributed by atoms with Crippen molar-refractivity contribution < 1.29 is 17.9 Å². The van der Waals surface area contributed by atoms with Gasteiger partial charge in [-0.15, -0.1) is 0 Å². The molecular formula is C17H23BrN2O4S. The lowest BCUT2D eigenvalue weighted by molar-refractivity contribution is 0.0857. The number of hydrogen-bond acceptors (Lipinski definition) is 4. The highest BCUT2D eigenvalue weighted by atomic mass is 79.9. The number of ether oxygens (including phenoxy) is 1. The predicted octanol–water partition coefficient (Wildman–Crippen LogP) is 2.53. The van der Waals surface area contributed by atoms with E-state index in [1.165, 1.54) is 10.4 Å². The van der Waals surface area contributed by atoms with E-state index in [-0.39, 0.29) is 16.9 Å². The van der Waals surface area contributed by atoms with Gasteiger partial charge < -0.3 is 10.1 Å². The van der Waals surface area contributed by atoms with Crippen molar-refractivity contribution in [2.75, 3.05) is 26.2 Å². The van der Waals surface area contributed by atoms with E-state index in [0.29, 0.717) is 29.7 Å². The second-order valence-corrected chi connectivity index (χ2v) is 9.24. The van der Waals surface area contributed by atoms with Crippen LogP contribution in [-0.4, -0.2) is 51.0 Å². The first-order valence-corrected chi connectivity index (χ1v) is 10.9. The lowest BCUT2D eigenvalue weighted by Crippen LogP contribution is -2.36. The molecule has 2 aliphatic heterocycles. The minimum atomic E-state index is -3.56. The molecule has 1 N–H and O–H groups in total. The number of amides is 1. The standard InChI is InChI=1S/C17H23BrN2O4S/c18-16-7-6-14(25(22,23)20-8-2-1-3-9-20)11-15(16)17(21)19-12-13-5-4-10-24-13/h6-7,11,13H,1-5,8-10,12H2,(H,19,21)/t13-/m0/s1. The third-order valence-electron chi connectivity index (χ3n) is 4.65.